The first-order valence-corrected chi connectivity index (χ1v) is 20.9. The molecule has 0 radical (unpaired) electrons. The maximum absolute atomic E-state index is 14.1. The van der Waals surface area contributed by atoms with Crippen LogP contribution in [0.25, 0.3) is 0 Å². The van der Waals surface area contributed by atoms with Gasteiger partial charge in [0.2, 0.25) is 5.91 Å². The van der Waals surface area contributed by atoms with Crippen LogP contribution in [0.15, 0.2) is 0 Å². The van der Waals surface area contributed by atoms with Gasteiger partial charge in [0.25, 0.3) is 0 Å². The van der Waals surface area contributed by atoms with Crippen LogP contribution in [0.5, 0.6) is 0 Å². The second kappa shape index (κ2) is 12.8. The molecule has 282 valence electrons. The molecule has 10 atom stereocenters. The zero-order valence-corrected chi connectivity index (χ0v) is 32.8. The van der Waals surface area contributed by atoms with Crippen molar-refractivity contribution < 1.29 is 24.2 Å². The lowest BCUT2D eigenvalue weighted by atomic mass is 9.32. The van der Waals surface area contributed by atoms with Crippen molar-refractivity contribution in [2.24, 2.45) is 56.2 Å². The van der Waals surface area contributed by atoms with Crippen LogP contribution in [0.1, 0.15) is 158 Å². The zero-order valence-electron chi connectivity index (χ0n) is 32.8. The molecule has 0 bridgehead atoms. The lowest BCUT2D eigenvalue weighted by Crippen LogP contribution is -2.66. The van der Waals surface area contributed by atoms with Crippen LogP contribution in [0, 0.1) is 56.2 Å². The van der Waals surface area contributed by atoms with Crippen LogP contribution in [-0.4, -0.2) is 71.1 Å². The number of fused-ring (bicyclic) bond motifs is 7. The van der Waals surface area contributed by atoms with E-state index in [9.17, 15) is 19.5 Å². The van der Waals surface area contributed by atoms with Gasteiger partial charge in [-0.1, -0.05) is 54.9 Å². The van der Waals surface area contributed by atoms with Crippen molar-refractivity contribution in [1.29, 1.82) is 0 Å². The summed E-state index contributed by atoms with van der Waals surface area (Å²) < 4.78 is 6.28. The Labute approximate surface area is 303 Å². The monoisotopic (exact) mass is 695 g/mol. The molecule has 5 aliphatic carbocycles. The van der Waals surface area contributed by atoms with E-state index in [2.05, 4.69) is 44.4 Å². The van der Waals surface area contributed by atoms with Crippen LogP contribution >= 0.6 is 0 Å². The first-order chi connectivity index (χ1) is 23.4. The van der Waals surface area contributed by atoms with Gasteiger partial charge in [-0.15, -0.1) is 0 Å². The van der Waals surface area contributed by atoms with Gasteiger partial charge >= 0.3 is 11.9 Å². The van der Waals surface area contributed by atoms with Crippen molar-refractivity contribution in [2.45, 2.75) is 170 Å². The summed E-state index contributed by atoms with van der Waals surface area (Å²) in [7, 11) is 0. The molecule has 7 nitrogen and oxygen atoms in total. The Hall–Kier alpha value is -1.63. The van der Waals surface area contributed by atoms with E-state index in [-0.39, 0.29) is 46.6 Å². The topological polar surface area (TPSA) is 87.1 Å². The number of carboxylic acids is 1. The molecule has 1 N–H and O–H groups in total. The van der Waals surface area contributed by atoms with Gasteiger partial charge in [0, 0.05) is 31.0 Å². The van der Waals surface area contributed by atoms with E-state index >= 15 is 0 Å². The average Bonchev–Trinajstić information content (AvgIpc) is 3.79. The highest BCUT2D eigenvalue weighted by molar-refractivity contribution is 5.77. The van der Waals surface area contributed by atoms with Crippen molar-refractivity contribution in [3.8, 4) is 0 Å². The molecule has 50 heavy (non-hydrogen) atoms. The van der Waals surface area contributed by atoms with Crippen LogP contribution in [0.2, 0.25) is 0 Å². The van der Waals surface area contributed by atoms with Crippen molar-refractivity contribution >= 4 is 17.8 Å². The summed E-state index contributed by atoms with van der Waals surface area (Å²) in [5.41, 5.74) is 0.237. The minimum atomic E-state index is -0.872. The minimum absolute atomic E-state index is 0.0348. The van der Waals surface area contributed by atoms with Gasteiger partial charge in [-0.25, -0.2) is 0 Å². The number of aliphatic carboxylic acids is 1. The molecule has 7 rings (SSSR count). The maximum atomic E-state index is 14.1. The Bertz CT molecular complexity index is 1340. The van der Waals surface area contributed by atoms with E-state index in [1.54, 1.807) is 0 Å². The first-order valence-electron chi connectivity index (χ1n) is 20.9. The highest BCUT2D eigenvalue weighted by atomic mass is 16.5. The van der Waals surface area contributed by atoms with Gasteiger partial charge in [0.1, 0.15) is 6.10 Å². The number of rotatable bonds is 8. The summed E-state index contributed by atoms with van der Waals surface area (Å²) >= 11 is 0. The van der Waals surface area contributed by atoms with Crippen LogP contribution in [-0.2, 0) is 19.1 Å². The van der Waals surface area contributed by atoms with E-state index in [0.29, 0.717) is 41.0 Å². The number of esters is 1. The van der Waals surface area contributed by atoms with Gasteiger partial charge in [0.05, 0.1) is 12.8 Å². The fourth-order valence-electron chi connectivity index (χ4n) is 15.0. The highest BCUT2D eigenvalue weighted by Gasteiger charge is 2.70. The smallest absolute Gasteiger partial charge is 0.306 e. The van der Waals surface area contributed by atoms with Crippen molar-refractivity contribution in [1.82, 2.24) is 9.80 Å². The lowest BCUT2D eigenvalue weighted by Gasteiger charge is -2.72. The largest absolute Gasteiger partial charge is 0.481 e. The molecule has 2 saturated heterocycles. The summed E-state index contributed by atoms with van der Waals surface area (Å²) in [5.74, 6) is 1.88. The Morgan fingerprint density at radius 2 is 1.48 bits per heavy atom. The maximum Gasteiger partial charge on any atom is 0.306 e. The van der Waals surface area contributed by atoms with E-state index in [0.717, 1.165) is 38.8 Å². The number of likely N-dealkylation sites (tertiary alicyclic amines) is 2. The second-order valence-corrected chi connectivity index (χ2v) is 21.0. The second-order valence-electron chi connectivity index (χ2n) is 21.0. The SMILES string of the molecule is CC(C)(CC(=O)O)CC(=O)O[C@H]1CC[C@@]2(C)C(CC[C@]3(C)C2CC[C@@H]2[C@H]4CCC[C@]4(CC(=O)N4CC[C@@H](N5CCCC5)C4)CC[C@]23C)C1(C)C. The lowest BCUT2D eigenvalue weighted by molar-refractivity contribution is -0.248. The summed E-state index contributed by atoms with van der Waals surface area (Å²) in [4.78, 5) is 43.5. The highest BCUT2D eigenvalue weighted by Crippen LogP contribution is 2.77. The Morgan fingerprint density at radius 1 is 0.740 bits per heavy atom. The molecule has 2 heterocycles. The van der Waals surface area contributed by atoms with Crippen molar-refractivity contribution in [3.05, 3.63) is 0 Å². The third kappa shape index (κ3) is 5.88. The van der Waals surface area contributed by atoms with Crippen LogP contribution < -0.4 is 0 Å². The molecule has 7 fully saturated rings. The molecule has 5 saturated carbocycles. The molecule has 0 aromatic rings. The van der Waals surface area contributed by atoms with Crippen LogP contribution in [0.4, 0.5) is 0 Å². The molecule has 0 aromatic carbocycles. The number of carboxylic acid groups (broad SMARTS) is 1. The Morgan fingerprint density at radius 3 is 2.20 bits per heavy atom. The predicted octanol–water partition coefficient (Wildman–Crippen LogP) is 8.73. The normalized spacial score (nSPS) is 44.2. The molecular weight excluding hydrogens is 624 g/mol. The van der Waals surface area contributed by atoms with Crippen molar-refractivity contribution in [2.75, 3.05) is 26.2 Å². The molecule has 0 spiro atoms. The third-order valence-corrected chi connectivity index (χ3v) is 17.7. The quantitative estimate of drug-likeness (QED) is 0.256. The van der Waals surface area contributed by atoms with E-state index in [4.69, 9.17) is 4.74 Å². The average molecular weight is 695 g/mol. The van der Waals surface area contributed by atoms with E-state index in [1.807, 2.05) is 13.8 Å². The predicted molar refractivity (Wildman–Crippen MR) is 196 cm³/mol. The molecule has 7 aliphatic rings. The number of amides is 1. The minimum Gasteiger partial charge on any atom is -0.481 e. The Kier molecular flexibility index (Phi) is 9.36. The Balaban J connectivity index is 1.04. The molecule has 2 unspecified atom stereocenters. The fraction of sp³-hybridized carbons (Fsp3) is 0.930. The molecule has 2 aliphatic heterocycles. The summed E-state index contributed by atoms with van der Waals surface area (Å²) in [6.07, 6.45) is 17.9. The van der Waals surface area contributed by atoms with E-state index < -0.39 is 11.4 Å². The number of ether oxygens (including phenoxy) is 1. The fourth-order valence-corrected chi connectivity index (χ4v) is 15.0. The number of hydrogen-bond donors (Lipinski definition) is 1. The molecule has 0 aromatic heterocycles. The summed E-state index contributed by atoms with van der Waals surface area (Å²) in [6.45, 7) is 20.7. The standard InChI is InChI=1S/C43H70N2O5/c1-38(2,26-36(47)48)27-37(49)50-34-15-18-40(5)32(39(34,3)4)14-19-42(7)33(40)13-12-30-31-11-10-17-43(31,21-20-41(30,42)6)25-35(46)45-24-16-29(28-45)44-22-8-9-23-44/h29-34H,8-28H2,1-7H3,(H,47,48)/t29-,30-,31-,32?,33?,34+,40+,41-,42-,43-/m1/s1. The number of hydrogen-bond acceptors (Lipinski definition) is 5. The molecule has 1 amide bonds. The van der Waals surface area contributed by atoms with Crippen LogP contribution in [0.3, 0.4) is 0 Å². The van der Waals surface area contributed by atoms with Gasteiger partial charge in [0.15, 0.2) is 0 Å². The van der Waals surface area contributed by atoms with Crippen molar-refractivity contribution in [3.63, 3.8) is 0 Å². The first kappa shape index (κ1) is 36.7. The van der Waals surface area contributed by atoms with Gasteiger partial charge in [-0.05, 0) is 147 Å². The van der Waals surface area contributed by atoms with Gasteiger partial charge in [-0.2, -0.15) is 0 Å². The third-order valence-electron chi connectivity index (χ3n) is 17.7. The summed E-state index contributed by atoms with van der Waals surface area (Å²) in [6, 6.07) is 0.586. The zero-order chi connectivity index (χ0) is 35.9. The van der Waals surface area contributed by atoms with E-state index in [1.165, 1.54) is 83.7 Å². The van der Waals surface area contributed by atoms with Gasteiger partial charge in [-0.3, -0.25) is 19.3 Å². The number of nitrogens with zero attached hydrogens (tertiary/aromatic N) is 2. The molecular formula is C43H70N2O5. The number of carbonyl (C=O) groups is 3. The van der Waals surface area contributed by atoms with Gasteiger partial charge < -0.3 is 14.7 Å². The molecule has 7 heteroatoms. The number of carbonyl (C=O) groups excluding carboxylic acids is 2. The summed E-state index contributed by atoms with van der Waals surface area (Å²) in [5, 5.41) is 9.33.